The first-order chi connectivity index (χ1) is 14.4. The number of pyridine rings is 1. The van der Waals surface area contributed by atoms with Crippen LogP contribution < -0.4 is 10.5 Å². The van der Waals surface area contributed by atoms with Crippen molar-refractivity contribution in [3.05, 3.63) is 53.6 Å². The van der Waals surface area contributed by atoms with Crippen molar-refractivity contribution in [2.75, 3.05) is 19.3 Å². The van der Waals surface area contributed by atoms with Crippen molar-refractivity contribution in [2.24, 2.45) is 0 Å². The highest BCUT2D eigenvalue weighted by molar-refractivity contribution is 5.89. The third kappa shape index (κ3) is 3.03. The molecule has 1 saturated carbocycles. The maximum absolute atomic E-state index is 14.5. The van der Waals surface area contributed by atoms with Gasteiger partial charge in [0, 0.05) is 43.2 Å². The Morgan fingerprint density at radius 2 is 2.07 bits per heavy atom. The van der Waals surface area contributed by atoms with Crippen molar-refractivity contribution < 1.29 is 19.3 Å². The van der Waals surface area contributed by atoms with Crippen molar-refractivity contribution in [2.45, 2.75) is 43.7 Å². The Morgan fingerprint density at radius 3 is 2.90 bits per heavy atom. The average Bonchev–Trinajstić information content (AvgIpc) is 3.21. The number of fused-ring (bicyclic) bond motifs is 2. The van der Waals surface area contributed by atoms with Crippen molar-refractivity contribution in [3.8, 4) is 5.75 Å². The zero-order valence-corrected chi connectivity index (χ0v) is 16.7. The van der Waals surface area contributed by atoms with Crippen LogP contribution in [0.2, 0.25) is 0 Å². The van der Waals surface area contributed by atoms with Crippen LogP contribution in [0.5, 0.6) is 5.75 Å². The summed E-state index contributed by atoms with van der Waals surface area (Å²) in [4.78, 5) is 6.47. The Labute approximate surface area is 173 Å². The summed E-state index contributed by atoms with van der Waals surface area (Å²) in [6.45, 7) is 1.77. The number of benzene rings is 1. The van der Waals surface area contributed by atoms with Crippen molar-refractivity contribution in [1.29, 1.82) is 0 Å². The third-order valence-corrected chi connectivity index (χ3v) is 6.35. The molecule has 4 N–H and O–H groups in total. The van der Waals surface area contributed by atoms with Crippen LogP contribution in [-0.2, 0) is 13.0 Å². The quantitative estimate of drug-likeness (QED) is 0.608. The Bertz CT molecular complexity index is 1100. The van der Waals surface area contributed by atoms with Gasteiger partial charge in [-0.15, -0.1) is 0 Å². The first-order valence-electron chi connectivity index (χ1n) is 10.2. The molecule has 4 atom stereocenters. The van der Waals surface area contributed by atoms with E-state index in [0.29, 0.717) is 12.1 Å². The van der Waals surface area contributed by atoms with E-state index in [0.717, 1.165) is 30.8 Å². The first kappa shape index (κ1) is 19.3. The van der Waals surface area contributed by atoms with E-state index in [2.05, 4.69) is 23.0 Å². The second kappa shape index (κ2) is 7.23. The van der Waals surface area contributed by atoms with Crippen molar-refractivity contribution >= 4 is 16.7 Å². The predicted molar refractivity (Wildman–Crippen MR) is 111 cm³/mol. The fourth-order valence-corrected chi connectivity index (χ4v) is 4.73. The summed E-state index contributed by atoms with van der Waals surface area (Å²) in [6.07, 6.45) is 1.22. The van der Waals surface area contributed by atoms with Crippen LogP contribution in [0.1, 0.15) is 23.6 Å². The van der Waals surface area contributed by atoms with Gasteiger partial charge in [-0.1, -0.05) is 12.1 Å². The zero-order chi connectivity index (χ0) is 21.0. The number of ether oxygens (including phenoxy) is 1. The van der Waals surface area contributed by atoms with Gasteiger partial charge in [0.2, 0.25) is 0 Å². The molecular formula is C22H25FN4O3. The molecule has 0 radical (unpaired) electrons. The Morgan fingerprint density at radius 1 is 1.23 bits per heavy atom. The van der Waals surface area contributed by atoms with Crippen LogP contribution in [0.3, 0.4) is 0 Å². The standard InChI is InChI=1S/C22H25FN4O3/c1-26-8-6-12-3-2-4-17(13(12)10-26)30-18-9-16(20(28)21(18)29)27-11-14(23)19-15(24)5-7-25-22(19)27/h2-5,7,11,16,18,20-21,28-29H,6,8-10H2,1H3,(H2,24,25)/t16-,18+,20+,21-/m1/s1. The van der Waals surface area contributed by atoms with Crippen LogP contribution >= 0.6 is 0 Å². The van der Waals surface area contributed by atoms with Crippen molar-refractivity contribution in [3.63, 3.8) is 0 Å². The lowest BCUT2D eigenvalue weighted by Gasteiger charge is -2.28. The lowest BCUT2D eigenvalue weighted by atomic mass is 9.99. The number of aliphatic hydroxyl groups excluding tert-OH is 2. The summed E-state index contributed by atoms with van der Waals surface area (Å²) in [6, 6.07) is 6.92. The molecule has 1 aliphatic heterocycles. The average molecular weight is 412 g/mol. The Kier molecular flexibility index (Phi) is 4.65. The van der Waals surface area contributed by atoms with E-state index >= 15 is 0 Å². The van der Waals surface area contributed by atoms with E-state index in [1.807, 2.05) is 12.1 Å². The summed E-state index contributed by atoms with van der Waals surface area (Å²) in [5.41, 5.74) is 8.90. The summed E-state index contributed by atoms with van der Waals surface area (Å²) >= 11 is 0. The van der Waals surface area contributed by atoms with E-state index in [-0.39, 0.29) is 11.1 Å². The molecule has 3 aromatic rings. The van der Waals surface area contributed by atoms with Crippen LogP contribution in [0.4, 0.5) is 10.1 Å². The van der Waals surface area contributed by atoms with Crippen LogP contribution in [-0.4, -0.2) is 56.6 Å². The summed E-state index contributed by atoms with van der Waals surface area (Å²) < 4.78 is 22.3. The van der Waals surface area contributed by atoms with Crippen molar-refractivity contribution in [1.82, 2.24) is 14.5 Å². The molecule has 2 aromatic heterocycles. The fourth-order valence-electron chi connectivity index (χ4n) is 4.73. The molecule has 5 rings (SSSR count). The summed E-state index contributed by atoms with van der Waals surface area (Å²) in [7, 11) is 2.06. The van der Waals surface area contributed by atoms with Crippen LogP contribution in [0.25, 0.3) is 11.0 Å². The number of aliphatic hydroxyl groups is 2. The molecule has 1 fully saturated rings. The molecule has 1 aromatic carbocycles. The number of nitrogens with zero attached hydrogens (tertiary/aromatic N) is 3. The van der Waals surface area contributed by atoms with Gasteiger partial charge in [-0.25, -0.2) is 9.37 Å². The summed E-state index contributed by atoms with van der Waals surface area (Å²) in [5, 5.41) is 21.7. The number of hydrogen-bond acceptors (Lipinski definition) is 6. The molecule has 8 heteroatoms. The monoisotopic (exact) mass is 412 g/mol. The fraction of sp³-hybridized carbons (Fsp3) is 0.409. The van der Waals surface area contributed by atoms with E-state index in [1.165, 1.54) is 24.0 Å². The van der Waals surface area contributed by atoms with Crippen LogP contribution in [0, 0.1) is 5.82 Å². The number of nitrogen functional groups attached to an aromatic ring is 1. The SMILES string of the molecule is CN1CCc2cccc(O[C@H]3C[C@@H](n4cc(F)c5c(N)ccnc54)[C@H](O)[C@@H]3O)c2C1. The number of hydrogen-bond donors (Lipinski definition) is 3. The molecule has 7 nitrogen and oxygen atoms in total. The van der Waals surface area contributed by atoms with E-state index < -0.39 is 30.2 Å². The highest BCUT2D eigenvalue weighted by atomic mass is 19.1. The van der Waals surface area contributed by atoms with E-state index in [1.54, 1.807) is 4.57 Å². The lowest BCUT2D eigenvalue weighted by Crippen LogP contribution is -2.35. The molecule has 1 aliphatic carbocycles. The molecule has 30 heavy (non-hydrogen) atoms. The first-order valence-corrected chi connectivity index (χ1v) is 10.2. The molecule has 0 unspecified atom stereocenters. The minimum Gasteiger partial charge on any atom is -0.487 e. The van der Waals surface area contributed by atoms with Gasteiger partial charge in [0.25, 0.3) is 0 Å². The maximum atomic E-state index is 14.5. The normalized spacial score (nSPS) is 26.8. The van der Waals surface area contributed by atoms with Gasteiger partial charge >= 0.3 is 0 Å². The number of likely N-dealkylation sites (N-methyl/N-ethyl adjacent to an activating group) is 1. The molecule has 0 spiro atoms. The van der Waals surface area contributed by atoms with E-state index in [4.69, 9.17) is 10.5 Å². The van der Waals surface area contributed by atoms with Gasteiger partial charge in [-0.05, 0) is 31.2 Å². The smallest absolute Gasteiger partial charge is 0.152 e. The minimum absolute atomic E-state index is 0.226. The third-order valence-electron chi connectivity index (χ3n) is 6.35. The minimum atomic E-state index is -1.12. The van der Waals surface area contributed by atoms with Gasteiger partial charge in [0.05, 0.1) is 11.4 Å². The zero-order valence-electron chi connectivity index (χ0n) is 16.7. The second-order valence-corrected chi connectivity index (χ2v) is 8.31. The van der Waals surface area contributed by atoms with Gasteiger partial charge in [-0.2, -0.15) is 0 Å². The number of nitrogens with two attached hydrogens (primary N) is 1. The molecule has 0 amide bonds. The van der Waals surface area contributed by atoms with Crippen LogP contribution in [0.15, 0.2) is 36.7 Å². The highest BCUT2D eigenvalue weighted by Gasteiger charge is 2.45. The number of anilines is 1. The number of rotatable bonds is 3. The number of halogens is 1. The molecule has 2 aliphatic rings. The topological polar surface area (TPSA) is 96.8 Å². The van der Waals surface area contributed by atoms with Gasteiger partial charge in [-0.3, -0.25) is 0 Å². The lowest BCUT2D eigenvalue weighted by molar-refractivity contribution is -0.0168. The Balaban J connectivity index is 1.45. The predicted octanol–water partition coefficient (Wildman–Crippen LogP) is 1.86. The molecular weight excluding hydrogens is 387 g/mol. The van der Waals surface area contributed by atoms with E-state index in [9.17, 15) is 14.6 Å². The molecule has 0 bridgehead atoms. The highest BCUT2D eigenvalue weighted by Crippen LogP contribution is 2.38. The largest absolute Gasteiger partial charge is 0.487 e. The maximum Gasteiger partial charge on any atom is 0.152 e. The molecule has 0 saturated heterocycles. The second-order valence-electron chi connectivity index (χ2n) is 8.31. The van der Waals surface area contributed by atoms with Gasteiger partial charge < -0.3 is 30.2 Å². The Hall–Kier alpha value is -2.68. The van der Waals surface area contributed by atoms with Gasteiger partial charge in [0.1, 0.15) is 29.7 Å². The van der Waals surface area contributed by atoms with Gasteiger partial charge in [0.15, 0.2) is 5.82 Å². The molecule has 158 valence electrons. The number of aromatic nitrogens is 2. The summed E-state index contributed by atoms with van der Waals surface area (Å²) in [5.74, 6) is 0.226. The molecule has 3 heterocycles.